The number of carbonyl (C=O) groups excluding carboxylic acids is 1. The number of likely N-dealkylation sites (tertiary alicyclic amines) is 1. The molecule has 1 aliphatic heterocycles. The van der Waals surface area contributed by atoms with Gasteiger partial charge in [0.1, 0.15) is 0 Å². The van der Waals surface area contributed by atoms with Crippen molar-refractivity contribution in [2.45, 2.75) is 31.8 Å². The molecule has 2 rings (SSSR count). The van der Waals surface area contributed by atoms with Crippen LogP contribution < -0.4 is 11.1 Å². The molecule has 0 radical (unpaired) electrons. The Hall–Kier alpha value is -1.39. The number of hydrogen-bond donors (Lipinski definition) is 2. The average molecular weight is 261 g/mol. The van der Waals surface area contributed by atoms with Crippen LogP contribution in [0.15, 0.2) is 30.3 Å². The van der Waals surface area contributed by atoms with Crippen molar-refractivity contribution in [2.75, 3.05) is 19.6 Å². The van der Waals surface area contributed by atoms with Crippen molar-refractivity contribution in [3.8, 4) is 0 Å². The molecular formula is C15H23N3O. The minimum Gasteiger partial charge on any atom is -0.353 e. The van der Waals surface area contributed by atoms with Gasteiger partial charge in [0.15, 0.2) is 0 Å². The van der Waals surface area contributed by atoms with Crippen molar-refractivity contribution in [2.24, 2.45) is 5.73 Å². The van der Waals surface area contributed by atoms with Crippen molar-refractivity contribution >= 4 is 5.91 Å². The van der Waals surface area contributed by atoms with Gasteiger partial charge in [-0.15, -0.1) is 0 Å². The highest BCUT2D eigenvalue weighted by Crippen LogP contribution is 2.24. The Balaban J connectivity index is 2.04. The van der Waals surface area contributed by atoms with Gasteiger partial charge in [0.2, 0.25) is 5.91 Å². The minimum atomic E-state index is -0.449. The normalized spacial score (nSPS) is 19.1. The molecule has 3 N–H and O–H groups in total. The van der Waals surface area contributed by atoms with Crippen LogP contribution >= 0.6 is 0 Å². The molecule has 1 amide bonds. The van der Waals surface area contributed by atoms with E-state index >= 15 is 0 Å². The third kappa shape index (κ3) is 3.78. The first-order chi connectivity index (χ1) is 9.18. The van der Waals surface area contributed by atoms with Gasteiger partial charge in [-0.05, 0) is 38.4 Å². The molecule has 19 heavy (non-hydrogen) atoms. The Kier molecular flexibility index (Phi) is 4.93. The molecule has 0 saturated carbocycles. The molecule has 2 atom stereocenters. The van der Waals surface area contributed by atoms with E-state index in [0.29, 0.717) is 6.54 Å². The maximum atomic E-state index is 11.6. The fourth-order valence-electron chi connectivity index (χ4n) is 2.54. The molecule has 1 aromatic rings. The lowest BCUT2D eigenvalue weighted by Crippen LogP contribution is -2.43. The lowest BCUT2D eigenvalue weighted by Gasteiger charge is -2.28. The second kappa shape index (κ2) is 6.68. The van der Waals surface area contributed by atoms with E-state index in [1.807, 2.05) is 18.2 Å². The van der Waals surface area contributed by atoms with E-state index in [2.05, 4.69) is 22.3 Å². The molecule has 4 nitrogen and oxygen atoms in total. The molecule has 1 aromatic carbocycles. The Morgan fingerprint density at radius 1 is 1.32 bits per heavy atom. The van der Waals surface area contributed by atoms with Crippen LogP contribution in [0.2, 0.25) is 0 Å². The van der Waals surface area contributed by atoms with Crippen LogP contribution in [0.1, 0.15) is 31.4 Å². The second-order valence-corrected chi connectivity index (χ2v) is 5.20. The zero-order valence-corrected chi connectivity index (χ0v) is 11.5. The van der Waals surface area contributed by atoms with E-state index in [4.69, 9.17) is 5.73 Å². The van der Waals surface area contributed by atoms with Crippen LogP contribution in [0.25, 0.3) is 0 Å². The van der Waals surface area contributed by atoms with Gasteiger partial charge in [0.05, 0.1) is 12.1 Å². The third-order valence-electron chi connectivity index (χ3n) is 3.65. The van der Waals surface area contributed by atoms with Gasteiger partial charge < -0.3 is 11.1 Å². The zero-order valence-electron chi connectivity index (χ0n) is 11.5. The maximum Gasteiger partial charge on any atom is 0.236 e. The van der Waals surface area contributed by atoms with E-state index in [9.17, 15) is 4.79 Å². The molecule has 0 spiro atoms. The van der Waals surface area contributed by atoms with Gasteiger partial charge >= 0.3 is 0 Å². The molecule has 0 aromatic heterocycles. The summed E-state index contributed by atoms with van der Waals surface area (Å²) in [6, 6.07) is 10.2. The van der Waals surface area contributed by atoms with Gasteiger partial charge in [0, 0.05) is 6.54 Å². The van der Waals surface area contributed by atoms with Gasteiger partial charge in [-0.3, -0.25) is 9.69 Å². The van der Waals surface area contributed by atoms with Gasteiger partial charge in [-0.2, -0.15) is 0 Å². The zero-order chi connectivity index (χ0) is 13.7. The Morgan fingerprint density at radius 2 is 1.95 bits per heavy atom. The lowest BCUT2D eigenvalue weighted by atomic mass is 10.1. The predicted molar refractivity (Wildman–Crippen MR) is 76.6 cm³/mol. The number of carbonyl (C=O) groups is 1. The van der Waals surface area contributed by atoms with E-state index < -0.39 is 6.04 Å². The van der Waals surface area contributed by atoms with Crippen molar-refractivity contribution < 1.29 is 4.79 Å². The maximum absolute atomic E-state index is 11.6. The molecule has 4 heteroatoms. The highest BCUT2D eigenvalue weighted by atomic mass is 16.2. The molecule has 1 saturated heterocycles. The van der Waals surface area contributed by atoms with Crippen molar-refractivity contribution in [1.29, 1.82) is 0 Å². The fourth-order valence-corrected chi connectivity index (χ4v) is 2.54. The quantitative estimate of drug-likeness (QED) is 0.839. The Labute approximate surface area is 115 Å². The van der Waals surface area contributed by atoms with E-state index in [0.717, 1.165) is 13.1 Å². The Bertz CT molecular complexity index is 399. The lowest BCUT2D eigenvalue weighted by molar-refractivity contribution is -0.122. The first-order valence-corrected chi connectivity index (χ1v) is 7.01. The molecule has 0 bridgehead atoms. The SMILES string of the molecule is CC(N)C(=O)NCC(c1ccccc1)N1CCCC1. The van der Waals surface area contributed by atoms with Crippen LogP contribution in [-0.4, -0.2) is 36.5 Å². The summed E-state index contributed by atoms with van der Waals surface area (Å²) in [5.41, 5.74) is 6.85. The van der Waals surface area contributed by atoms with E-state index in [-0.39, 0.29) is 11.9 Å². The number of amides is 1. The number of nitrogens with zero attached hydrogens (tertiary/aromatic N) is 1. The smallest absolute Gasteiger partial charge is 0.236 e. The van der Waals surface area contributed by atoms with Gasteiger partial charge in [0.25, 0.3) is 0 Å². The van der Waals surface area contributed by atoms with E-state index in [1.165, 1.54) is 18.4 Å². The molecule has 2 unspecified atom stereocenters. The number of nitrogens with two attached hydrogens (primary N) is 1. The van der Waals surface area contributed by atoms with Crippen LogP contribution in [0.3, 0.4) is 0 Å². The molecule has 0 aliphatic carbocycles. The van der Waals surface area contributed by atoms with E-state index in [1.54, 1.807) is 6.92 Å². The second-order valence-electron chi connectivity index (χ2n) is 5.20. The molecular weight excluding hydrogens is 238 g/mol. The highest BCUT2D eigenvalue weighted by Gasteiger charge is 2.24. The summed E-state index contributed by atoms with van der Waals surface area (Å²) in [4.78, 5) is 14.1. The van der Waals surface area contributed by atoms with Crippen molar-refractivity contribution in [3.63, 3.8) is 0 Å². The van der Waals surface area contributed by atoms with Crippen LogP contribution in [-0.2, 0) is 4.79 Å². The van der Waals surface area contributed by atoms with Gasteiger partial charge in [-0.25, -0.2) is 0 Å². The molecule has 104 valence electrons. The highest BCUT2D eigenvalue weighted by molar-refractivity contribution is 5.80. The minimum absolute atomic E-state index is 0.0832. The number of nitrogens with one attached hydrogen (secondary N) is 1. The third-order valence-corrected chi connectivity index (χ3v) is 3.65. The topological polar surface area (TPSA) is 58.4 Å². The average Bonchev–Trinajstić information content (AvgIpc) is 2.94. The number of rotatable bonds is 5. The summed E-state index contributed by atoms with van der Waals surface area (Å²) in [5.74, 6) is -0.0832. The monoisotopic (exact) mass is 261 g/mol. The van der Waals surface area contributed by atoms with Crippen LogP contribution in [0.5, 0.6) is 0 Å². The van der Waals surface area contributed by atoms with Crippen molar-refractivity contribution in [3.05, 3.63) is 35.9 Å². The summed E-state index contributed by atoms with van der Waals surface area (Å²) >= 11 is 0. The number of benzene rings is 1. The Morgan fingerprint density at radius 3 is 2.53 bits per heavy atom. The standard InChI is InChI=1S/C15H23N3O/c1-12(16)15(19)17-11-14(18-9-5-6-10-18)13-7-3-2-4-8-13/h2-4,7-8,12,14H,5-6,9-11,16H2,1H3,(H,17,19). The summed E-state index contributed by atoms with van der Waals surface area (Å²) in [7, 11) is 0. The largest absolute Gasteiger partial charge is 0.353 e. The molecule has 1 fully saturated rings. The first kappa shape index (κ1) is 14.0. The van der Waals surface area contributed by atoms with Crippen molar-refractivity contribution in [1.82, 2.24) is 10.2 Å². The summed E-state index contributed by atoms with van der Waals surface area (Å²) in [6.45, 7) is 4.55. The predicted octanol–water partition coefficient (Wildman–Crippen LogP) is 1.29. The summed E-state index contributed by atoms with van der Waals surface area (Å²) < 4.78 is 0. The summed E-state index contributed by atoms with van der Waals surface area (Å²) in [6.07, 6.45) is 2.48. The number of hydrogen-bond acceptors (Lipinski definition) is 3. The van der Waals surface area contributed by atoms with Gasteiger partial charge in [-0.1, -0.05) is 30.3 Å². The first-order valence-electron chi connectivity index (χ1n) is 7.01. The molecule has 1 heterocycles. The van der Waals surface area contributed by atoms with Crippen LogP contribution in [0.4, 0.5) is 0 Å². The molecule has 1 aliphatic rings. The fraction of sp³-hybridized carbons (Fsp3) is 0.533. The summed E-state index contributed by atoms with van der Waals surface area (Å²) in [5, 5.41) is 2.95. The van der Waals surface area contributed by atoms with Crippen LogP contribution in [0, 0.1) is 0 Å².